The fraction of sp³-hybridized carbons (Fsp3) is 0.200. The summed E-state index contributed by atoms with van der Waals surface area (Å²) >= 11 is 0.668. The van der Waals surface area contributed by atoms with Crippen LogP contribution in [-0.4, -0.2) is 41.1 Å². The van der Waals surface area contributed by atoms with Crippen LogP contribution in [0.3, 0.4) is 0 Å². The summed E-state index contributed by atoms with van der Waals surface area (Å²) in [4.78, 5) is 45.1. The third kappa shape index (κ3) is 6.13. The lowest BCUT2D eigenvalue weighted by molar-refractivity contribution is -0.134. The van der Waals surface area contributed by atoms with Crippen LogP contribution in [0.5, 0.6) is 5.75 Å². The molecule has 0 saturated carbocycles. The number of aliphatic carboxylic acids is 1. The van der Waals surface area contributed by atoms with Gasteiger partial charge in [0.05, 0.1) is 7.11 Å². The van der Waals surface area contributed by atoms with Gasteiger partial charge in [0.1, 0.15) is 17.0 Å². The fourth-order valence-corrected chi connectivity index (χ4v) is 2.06. The Labute approximate surface area is 141 Å². The number of hydrogen-bond donors (Lipinski definition) is 2. The Balaban J connectivity index is 2.69. The summed E-state index contributed by atoms with van der Waals surface area (Å²) in [6.07, 6.45) is 1.17. The number of rotatable bonds is 6. The van der Waals surface area contributed by atoms with Gasteiger partial charge in [-0.3, -0.25) is 4.79 Å². The van der Waals surface area contributed by atoms with Gasteiger partial charge in [-0.05, 0) is 30.0 Å². The van der Waals surface area contributed by atoms with E-state index in [1.807, 2.05) is 0 Å². The van der Waals surface area contributed by atoms with Crippen molar-refractivity contribution in [2.75, 3.05) is 12.9 Å². The maximum absolute atomic E-state index is 11.8. The van der Waals surface area contributed by atoms with Crippen molar-refractivity contribution in [3.05, 3.63) is 41.6 Å². The third-order valence-electron chi connectivity index (χ3n) is 2.52. The van der Waals surface area contributed by atoms with Crippen LogP contribution in [-0.2, 0) is 14.3 Å². The predicted octanol–water partition coefficient (Wildman–Crippen LogP) is 1.81. The smallest absolute Gasteiger partial charge is 0.373 e. The molecular formula is C15H15NO7S. The number of carboxylic acids is 1. The van der Waals surface area contributed by atoms with Crippen LogP contribution >= 0.6 is 11.8 Å². The van der Waals surface area contributed by atoms with Gasteiger partial charge < -0.3 is 19.9 Å². The van der Waals surface area contributed by atoms with Crippen molar-refractivity contribution in [3.8, 4) is 5.75 Å². The molecule has 0 bridgehead atoms. The van der Waals surface area contributed by atoms with Gasteiger partial charge >= 0.3 is 17.2 Å². The summed E-state index contributed by atoms with van der Waals surface area (Å²) < 4.78 is 9.63. The van der Waals surface area contributed by atoms with Crippen molar-refractivity contribution in [3.63, 3.8) is 0 Å². The third-order valence-corrected chi connectivity index (χ3v) is 3.17. The normalized spacial score (nSPS) is 10.7. The van der Waals surface area contributed by atoms with E-state index >= 15 is 0 Å². The maximum Gasteiger partial charge on any atom is 0.373 e. The minimum Gasteiger partial charge on any atom is -0.477 e. The fourth-order valence-electron chi connectivity index (χ4n) is 1.53. The van der Waals surface area contributed by atoms with Crippen molar-refractivity contribution < 1.29 is 33.8 Å². The first kappa shape index (κ1) is 19.2. The number of nitrogens with one attached hydrogen (secondary N) is 1. The van der Waals surface area contributed by atoms with Crippen LogP contribution in [0.4, 0.5) is 4.79 Å². The first-order valence-electron chi connectivity index (χ1n) is 6.58. The number of carbonyl (C=O) groups excluding carboxylic acids is 3. The number of carboxylic acid groups (broad SMARTS) is 1. The summed E-state index contributed by atoms with van der Waals surface area (Å²) in [6.45, 7) is 1.17. The molecule has 0 aliphatic carbocycles. The molecule has 0 aromatic heterocycles. The quantitative estimate of drug-likeness (QED) is 0.587. The first-order chi connectivity index (χ1) is 11.3. The molecule has 1 rings (SSSR count). The summed E-state index contributed by atoms with van der Waals surface area (Å²) in [5.41, 5.74) is -0.244. The van der Waals surface area contributed by atoms with Gasteiger partial charge in [0.2, 0.25) is 5.91 Å². The SMILES string of the molecule is COC(=O)c1ccccc1OC(=O)SCC=C(NC(C)=O)C(=O)O. The molecule has 0 atom stereocenters. The van der Waals surface area contributed by atoms with Crippen LogP contribution in [0.1, 0.15) is 17.3 Å². The summed E-state index contributed by atoms with van der Waals surface area (Å²) in [6, 6.07) is 6.05. The molecule has 1 aromatic rings. The topological polar surface area (TPSA) is 119 Å². The molecule has 1 aromatic carbocycles. The molecule has 0 aliphatic rings. The molecule has 2 N–H and O–H groups in total. The molecule has 0 unspecified atom stereocenters. The number of ether oxygens (including phenoxy) is 2. The Morgan fingerprint density at radius 3 is 2.50 bits per heavy atom. The Morgan fingerprint density at radius 2 is 1.92 bits per heavy atom. The minimum atomic E-state index is -1.32. The van der Waals surface area contributed by atoms with Crippen LogP contribution < -0.4 is 10.1 Å². The van der Waals surface area contributed by atoms with Gasteiger partial charge in [0.15, 0.2) is 0 Å². The molecule has 128 valence electrons. The molecular weight excluding hydrogens is 338 g/mol. The largest absolute Gasteiger partial charge is 0.477 e. The van der Waals surface area contributed by atoms with Crippen LogP contribution in [0, 0.1) is 0 Å². The molecule has 24 heavy (non-hydrogen) atoms. The highest BCUT2D eigenvalue weighted by Crippen LogP contribution is 2.21. The van der Waals surface area contributed by atoms with Gasteiger partial charge in [-0.15, -0.1) is 0 Å². The number of carbonyl (C=O) groups is 4. The van der Waals surface area contributed by atoms with Gasteiger partial charge in [0.25, 0.3) is 0 Å². The van der Waals surface area contributed by atoms with Crippen molar-refractivity contribution in [1.29, 1.82) is 0 Å². The second-order valence-electron chi connectivity index (χ2n) is 4.25. The Morgan fingerprint density at radius 1 is 1.25 bits per heavy atom. The summed E-state index contributed by atoms with van der Waals surface area (Å²) in [5, 5.41) is 10.3. The van der Waals surface area contributed by atoms with Crippen LogP contribution in [0.2, 0.25) is 0 Å². The van der Waals surface area contributed by atoms with Crippen molar-refractivity contribution >= 4 is 34.9 Å². The van der Waals surface area contributed by atoms with E-state index in [0.717, 1.165) is 0 Å². The molecule has 1 amide bonds. The van der Waals surface area contributed by atoms with Crippen molar-refractivity contribution in [1.82, 2.24) is 5.32 Å². The lowest BCUT2D eigenvalue weighted by Crippen LogP contribution is -2.24. The molecule has 0 radical (unpaired) electrons. The Kier molecular flexibility index (Phi) is 7.50. The number of methoxy groups -OCH3 is 1. The second-order valence-corrected chi connectivity index (χ2v) is 5.21. The van der Waals surface area contributed by atoms with E-state index in [4.69, 9.17) is 9.84 Å². The minimum absolute atomic E-state index is 0.0335. The monoisotopic (exact) mass is 353 g/mol. The van der Waals surface area contributed by atoms with E-state index in [-0.39, 0.29) is 22.8 Å². The lowest BCUT2D eigenvalue weighted by atomic mass is 10.2. The number of benzene rings is 1. The molecule has 0 aliphatic heterocycles. The van der Waals surface area contributed by atoms with Crippen molar-refractivity contribution in [2.45, 2.75) is 6.92 Å². The zero-order valence-corrected chi connectivity index (χ0v) is 13.7. The van der Waals surface area contributed by atoms with Gasteiger partial charge in [-0.25, -0.2) is 14.4 Å². The van der Waals surface area contributed by atoms with E-state index in [1.165, 1.54) is 32.2 Å². The molecule has 0 spiro atoms. The molecule has 9 heteroatoms. The van der Waals surface area contributed by atoms with Gasteiger partial charge in [-0.2, -0.15) is 0 Å². The van der Waals surface area contributed by atoms with Crippen LogP contribution in [0.15, 0.2) is 36.0 Å². The highest BCUT2D eigenvalue weighted by atomic mass is 32.2. The number of amides is 1. The zero-order chi connectivity index (χ0) is 18.1. The summed E-state index contributed by atoms with van der Waals surface area (Å²) in [7, 11) is 1.20. The average Bonchev–Trinajstić information content (AvgIpc) is 2.53. The molecule has 8 nitrogen and oxygen atoms in total. The highest BCUT2D eigenvalue weighted by Gasteiger charge is 2.15. The maximum atomic E-state index is 11.8. The summed E-state index contributed by atoms with van der Waals surface area (Å²) in [5.74, 6) is -2.52. The van der Waals surface area contributed by atoms with E-state index in [9.17, 15) is 19.2 Å². The van der Waals surface area contributed by atoms with E-state index in [2.05, 4.69) is 10.1 Å². The Bertz CT molecular complexity index is 684. The highest BCUT2D eigenvalue weighted by molar-refractivity contribution is 8.13. The number of para-hydroxylation sites is 1. The Hall–Kier alpha value is -2.81. The molecule has 0 fully saturated rings. The zero-order valence-electron chi connectivity index (χ0n) is 12.9. The lowest BCUT2D eigenvalue weighted by Gasteiger charge is -2.07. The number of hydrogen-bond acceptors (Lipinski definition) is 7. The van der Waals surface area contributed by atoms with E-state index in [1.54, 1.807) is 12.1 Å². The van der Waals surface area contributed by atoms with Crippen molar-refractivity contribution in [2.24, 2.45) is 0 Å². The predicted molar refractivity (Wildman–Crippen MR) is 85.8 cm³/mol. The molecule has 0 heterocycles. The van der Waals surface area contributed by atoms with E-state index in [0.29, 0.717) is 11.8 Å². The van der Waals surface area contributed by atoms with E-state index < -0.39 is 23.1 Å². The van der Waals surface area contributed by atoms with Crippen LogP contribution in [0.25, 0.3) is 0 Å². The van der Waals surface area contributed by atoms with Gasteiger partial charge in [-0.1, -0.05) is 12.1 Å². The first-order valence-corrected chi connectivity index (χ1v) is 7.56. The molecule has 0 saturated heterocycles. The van der Waals surface area contributed by atoms with Gasteiger partial charge in [0, 0.05) is 12.7 Å². The number of esters is 1. The average molecular weight is 353 g/mol. The standard InChI is InChI=1S/C15H15NO7S/c1-9(17)16-11(13(18)19)7-8-24-15(21)23-12-6-4-3-5-10(12)14(20)22-2/h3-7H,8H2,1-2H3,(H,16,17)(H,18,19). The second kappa shape index (κ2) is 9.36. The number of thioether (sulfide) groups is 1.